The highest BCUT2D eigenvalue weighted by Gasteiger charge is 2.64. The third-order valence-corrected chi connectivity index (χ3v) is 4.72. The van der Waals surface area contributed by atoms with E-state index >= 15 is 0 Å². The summed E-state index contributed by atoms with van der Waals surface area (Å²) in [7, 11) is 2.37. The van der Waals surface area contributed by atoms with Crippen LogP contribution in [0.15, 0.2) is 40.4 Å². The molecule has 29 heavy (non-hydrogen) atoms. The van der Waals surface area contributed by atoms with Crippen LogP contribution in [-0.4, -0.2) is 50.0 Å². The molecule has 8 heteroatoms. The Morgan fingerprint density at radius 1 is 1.14 bits per heavy atom. The maximum absolute atomic E-state index is 13.6. The standard InChI is InChI=1S/C21H24N2O6/c1-7-23-13-11-9-8-10-12(13)21(19(23)26)15(18(25)28-6)14(17(24)27-5)16(29-21)22-20(2,3)4/h8-11H,7H2,1-6H3. The van der Waals surface area contributed by atoms with E-state index < -0.39 is 29.0 Å². The van der Waals surface area contributed by atoms with E-state index in [0.717, 1.165) is 0 Å². The van der Waals surface area contributed by atoms with Crippen LogP contribution in [0.2, 0.25) is 0 Å². The van der Waals surface area contributed by atoms with Gasteiger partial charge in [-0.05, 0) is 33.8 Å². The Labute approximate surface area is 169 Å². The molecule has 1 spiro atoms. The Morgan fingerprint density at radius 2 is 1.76 bits per heavy atom. The zero-order chi connectivity index (χ0) is 21.6. The minimum absolute atomic E-state index is 0.120. The van der Waals surface area contributed by atoms with E-state index in [1.54, 1.807) is 24.3 Å². The molecule has 1 amide bonds. The Hall–Kier alpha value is -3.16. The molecule has 2 heterocycles. The van der Waals surface area contributed by atoms with Gasteiger partial charge in [0.2, 0.25) is 11.5 Å². The lowest BCUT2D eigenvalue weighted by Gasteiger charge is -2.25. The van der Waals surface area contributed by atoms with Crippen LogP contribution in [0.5, 0.6) is 0 Å². The van der Waals surface area contributed by atoms with Crippen LogP contribution in [0.4, 0.5) is 5.69 Å². The molecule has 1 atom stereocenters. The molecule has 0 aliphatic carbocycles. The third kappa shape index (κ3) is 2.99. The van der Waals surface area contributed by atoms with Crippen molar-refractivity contribution in [3.8, 4) is 0 Å². The summed E-state index contributed by atoms with van der Waals surface area (Å²) in [4.78, 5) is 45.1. The van der Waals surface area contributed by atoms with Gasteiger partial charge in [-0.25, -0.2) is 14.6 Å². The summed E-state index contributed by atoms with van der Waals surface area (Å²) in [6, 6.07) is 6.98. The van der Waals surface area contributed by atoms with Crippen LogP contribution in [0.25, 0.3) is 0 Å². The first-order chi connectivity index (χ1) is 13.6. The van der Waals surface area contributed by atoms with Crippen molar-refractivity contribution in [2.75, 3.05) is 25.7 Å². The lowest BCUT2D eigenvalue weighted by atomic mass is 9.86. The normalized spacial score (nSPS) is 22.2. The molecule has 3 rings (SSSR count). The molecular weight excluding hydrogens is 376 g/mol. The number of hydrogen-bond donors (Lipinski definition) is 0. The van der Waals surface area contributed by atoms with Gasteiger partial charge in [0.15, 0.2) is 0 Å². The Kier molecular flexibility index (Phi) is 4.98. The van der Waals surface area contributed by atoms with Crippen LogP contribution in [0.3, 0.4) is 0 Å². The topological polar surface area (TPSA) is 94.5 Å². The van der Waals surface area contributed by atoms with Gasteiger partial charge < -0.3 is 19.1 Å². The molecule has 0 fully saturated rings. The second-order valence-electron chi connectivity index (χ2n) is 7.67. The lowest BCUT2D eigenvalue weighted by Crippen LogP contribution is -2.44. The number of methoxy groups -OCH3 is 2. The monoisotopic (exact) mass is 400 g/mol. The number of para-hydroxylation sites is 1. The highest BCUT2D eigenvalue weighted by molar-refractivity contribution is 6.29. The average molecular weight is 400 g/mol. The van der Waals surface area contributed by atoms with Crippen LogP contribution < -0.4 is 4.90 Å². The van der Waals surface area contributed by atoms with E-state index in [9.17, 15) is 14.4 Å². The van der Waals surface area contributed by atoms with E-state index in [0.29, 0.717) is 17.8 Å². The first-order valence-corrected chi connectivity index (χ1v) is 9.24. The second kappa shape index (κ2) is 7.02. The number of carbonyl (C=O) groups is 3. The molecule has 2 aliphatic rings. The smallest absolute Gasteiger partial charge is 0.344 e. The van der Waals surface area contributed by atoms with Gasteiger partial charge in [-0.3, -0.25) is 4.79 Å². The van der Waals surface area contributed by atoms with E-state index in [-0.39, 0.29) is 17.0 Å². The first-order valence-electron chi connectivity index (χ1n) is 9.24. The van der Waals surface area contributed by atoms with Gasteiger partial charge >= 0.3 is 11.9 Å². The fourth-order valence-electron chi connectivity index (χ4n) is 3.63. The molecule has 0 N–H and O–H groups in total. The number of fused-ring (bicyclic) bond motifs is 2. The van der Waals surface area contributed by atoms with E-state index in [1.807, 2.05) is 27.7 Å². The highest BCUT2D eigenvalue weighted by Crippen LogP contribution is 2.52. The summed E-state index contributed by atoms with van der Waals surface area (Å²) >= 11 is 0. The lowest BCUT2D eigenvalue weighted by molar-refractivity contribution is -0.143. The van der Waals surface area contributed by atoms with Crippen LogP contribution in [0, 0.1) is 0 Å². The molecule has 8 nitrogen and oxygen atoms in total. The molecule has 0 aromatic heterocycles. The number of aliphatic imine (C=N–C) groups is 1. The van der Waals surface area contributed by atoms with Crippen LogP contribution in [-0.2, 0) is 34.2 Å². The summed E-state index contributed by atoms with van der Waals surface area (Å²) < 4.78 is 15.9. The van der Waals surface area contributed by atoms with Gasteiger partial charge in [-0.2, -0.15) is 0 Å². The van der Waals surface area contributed by atoms with Crippen molar-refractivity contribution in [3.63, 3.8) is 0 Å². The zero-order valence-electron chi connectivity index (χ0n) is 17.4. The third-order valence-electron chi connectivity index (χ3n) is 4.72. The highest BCUT2D eigenvalue weighted by atomic mass is 16.6. The van der Waals surface area contributed by atoms with Crippen molar-refractivity contribution >= 4 is 29.4 Å². The molecular formula is C21H24N2O6. The van der Waals surface area contributed by atoms with E-state index in [4.69, 9.17) is 14.2 Å². The Bertz CT molecular complexity index is 956. The number of hydrogen-bond acceptors (Lipinski definition) is 7. The molecule has 0 radical (unpaired) electrons. The fourth-order valence-corrected chi connectivity index (χ4v) is 3.63. The number of rotatable bonds is 3. The quantitative estimate of drug-likeness (QED) is 0.722. The number of amides is 1. The minimum atomic E-state index is -1.85. The van der Waals surface area contributed by atoms with Crippen molar-refractivity contribution in [2.24, 2.45) is 4.99 Å². The van der Waals surface area contributed by atoms with Crippen LogP contribution in [0.1, 0.15) is 33.3 Å². The molecule has 0 saturated heterocycles. The van der Waals surface area contributed by atoms with Gasteiger partial charge in [-0.15, -0.1) is 0 Å². The van der Waals surface area contributed by atoms with E-state index in [2.05, 4.69) is 4.99 Å². The number of esters is 2. The van der Waals surface area contributed by atoms with Crippen molar-refractivity contribution in [2.45, 2.75) is 38.8 Å². The van der Waals surface area contributed by atoms with Crippen molar-refractivity contribution in [3.05, 3.63) is 41.0 Å². The summed E-state index contributed by atoms with van der Waals surface area (Å²) in [6.45, 7) is 7.60. The zero-order valence-corrected chi connectivity index (χ0v) is 17.4. The van der Waals surface area contributed by atoms with Gasteiger partial charge in [-0.1, -0.05) is 18.2 Å². The summed E-state index contributed by atoms with van der Waals surface area (Å²) in [5.41, 5.74) is -1.87. The average Bonchev–Trinajstić information content (AvgIpc) is 3.12. The molecule has 154 valence electrons. The van der Waals surface area contributed by atoms with Crippen LogP contribution >= 0.6 is 0 Å². The number of likely N-dealkylation sites (N-methyl/N-ethyl adjacent to an activating group) is 1. The predicted molar refractivity (Wildman–Crippen MR) is 105 cm³/mol. The SMILES string of the molecule is CCN1C(=O)C2(OC(=NC(C)(C)C)C(C(=O)OC)=C2C(=O)OC)c2ccccc21. The number of benzene rings is 1. The van der Waals surface area contributed by atoms with Gasteiger partial charge in [0.1, 0.15) is 11.1 Å². The Morgan fingerprint density at radius 3 is 2.31 bits per heavy atom. The summed E-state index contributed by atoms with van der Waals surface area (Å²) in [5, 5.41) is 0. The van der Waals surface area contributed by atoms with Crippen molar-refractivity contribution in [1.82, 2.24) is 0 Å². The summed E-state index contributed by atoms with van der Waals surface area (Å²) in [5.74, 6) is -2.29. The van der Waals surface area contributed by atoms with Gasteiger partial charge in [0.25, 0.3) is 5.91 Å². The molecule has 1 aromatic rings. The molecule has 0 saturated carbocycles. The van der Waals surface area contributed by atoms with Gasteiger partial charge in [0.05, 0.1) is 25.4 Å². The van der Waals surface area contributed by atoms with Crippen molar-refractivity contribution < 1.29 is 28.6 Å². The largest absolute Gasteiger partial charge is 0.466 e. The van der Waals surface area contributed by atoms with Crippen molar-refractivity contribution in [1.29, 1.82) is 0 Å². The van der Waals surface area contributed by atoms with Gasteiger partial charge in [0, 0.05) is 12.1 Å². The summed E-state index contributed by atoms with van der Waals surface area (Å²) in [6.07, 6.45) is 0. The maximum Gasteiger partial charge on any atom is 0.344 e. The number of ether oxygens (including phenoxy) is 3. The maximum atomic E-state index is 13.6. The number of anilines is 1. The molecule has 1 aromatic carbocycles. The molecule has 2 aliphatic heterocycles. The molecule has 1 unspecified atom stereocenters. The minimum Gasteiger partial charge on any atom is -0.466 e. The second-order valence-corrected chi connectivity index (χ2v) is 7.67. The number of carbonyl (C=O) groups excluding carboxylic acids is 3. The Balaban J connectivity index is 2.42. The number of nitrogens with zero attached hydrogens (tertiary/aromatic N) is 2. The first kappa shape index (κ1) is 20.6. The van der Waals surface area contributed by atoms with E-state index in [1.165, 1.54) is 19.1 Å². The molecule has 0 bridgehead atoms. The predicted octanol–water partition coefficient (Wildman–Crippen LogP) is 2.12. The fraction of sp³-hybridized carbons (Fsp3) is 0.429.